The van der Waals surface area contributed by atoms with E-state index in [0.29, 0.717) is 0 Å². The van der Waals surface area contributed by atoms with E-state index >= 15 is 0 Å². The molecule has 0 nitrogen and oxygen atoms in total. The predicted molar refractivity (Wildman–Crippen MR) is 39.9 cm³/mol. The summed E-state index contributed by atoms with van der Waals surface area (Å²) in [6.45, 7) is 7.39. The van der Waals surface area contributed by atoms with Crippen molar-refractivity contribution in [2.45, 2.75) is 13.8 Å². The fraction of sp³-hybridized carbons (Fsp3) is 0.667. The van der Waals surface area contributed by atoms with Gasteiger partial charge in [-0.05, 0) is 18.9 Å². The van der Waals surface area contributed by atoms with Crippen molar-refractivity contribution in [1.29, 1.82) is 0 Å². The van der Waals surface area contributed by atoms with Crippen molar-refractivity contribution in [1.82, 2.24) is 0 Å². The quantitative estimate of drug-likeness (QED) is 0.477. The predicted octanol–water partition coefficient (Wildman–Crippen LogP) is 2.56. The number of hydrogen-bond acceptors (Lipinski definition) is 1. The zero-order valence-electron chi connectivity index (χ0n) is 5.40. The summed E-state index contributed by atoms with van der Waals surface area (Å²) >= 11 is 1.86. The van der Waals surface area contributed by atoms with Crippen molar-refractivity contribution in [3.8, 4) is 0 Å². The van der Waals surface area contributed by atoms with Gasteiger partial charge >= 0.3 is 0 Å². The van der Waals surface area contributed by atoms with Crippen LogP contribution in [0.2, 0.25) is 0 Å². The molecule has 0 aromatic carbocycles. The van der Waals surface area contributed by atoms with E-state index in [9.17, 15) is 0 Å². The molecule has 0 unspecified atom stereocenters. The van der Waals surface area contributed by atoms with Gasteiger partial charge in [-0.3, -0.25) is 0 Å². The first-order valence-electron chi connectivity index (χ1n) is 2.39. The highest BCUT2D eigenvalue weighted by atomic mass is 32.2. The Morgan fingerprint density at radius 1 is 1.71 bits per heavy atom. The summed E-state index contributed by atoms with van der Waals surface area (Å²) in [7, 11) is 0. The molecule has 0 atom stereocenters. The summed E-state index contributed by atoms with van der Waals surface area (Å²) in [6.07, 6.45) is 3.85. The van der Waals surface area contributed by atoms with Crippen molar-refractivity contribution < 1.29 is 0 Å². The highest BCUT2D eigenvalue weighted by Crippen LogP contribution is 1.83. The van der Waals surface area contributed by atoms with Gasteiger partial charge in [-0.1, -0.05) is 13.0 Å². The van der Waals surface area contributed by atoms with Crippen LogP contribution in [0.25, 0.3) is 0 Å². The SMILES string of the molecule is C=CC.CCSC. The Labute approximate surface area is 51.0 Å². The van der Waals surface area contributed by atoms with E-state index in [-0.39, 0.29) is 0 Å². The molecule has 0 aromatic rings. The van der Waals surface area contributed by atoms with E-state index in [0.717, 1.165) is 0 Å². The van der Waals surface area contributed by atoms with E-state index in [1.54, 1.807) is 6.08 Å². The summed E-state index contributed by atoms with van der Waals surface area (Å²) in [6, 6.07) is 0. The molecule has 1 heteroatoms. The molecular weight excluding hydrogens is 104 g/mol. The van der Waals surface area contributed by atoms with Gasteiger partial charge in [0.25, 0.3) is 0 Å². The second kappa shape index (κ2) is 16.5. The molecule has 0 heterocycles. The van der Waals surface area contributed by atoms with Gasteiger partial charge in [0.1, 0.15) is 0 Å². The van der Waals surface area contributed by atoms with Crippen LogP contribution < -0.4 is 0 Å². The lowest BCUT2D eigenvalue weighted by Gasteiger charge is -1.69. The van der Waals surface area contributed by atoms with Crippen LogP contribution in [0.1, 0.15) is 13.8 Å². The Kier molecular flexibility index (Phi) is 24.0. The molecule has 7 heavy (non-hydrogen) atoms. The van der Waals surface area contributed by atoms with Crippen LogP contribution in [0.5, 0.6) is 0 Å². The lowest BCUT2D eigenvalue weighted by molar-refractivity contribution is 1.53. The third-order valence-electron chi connectivity index (χ3n) is 0.289. The number of rotatable bonds is 1. The molecule has 0 aliphatic carbocycles. The molecule has 0 N–H and O–H groups in total. The molecule has 0 saturated heterocycles. The third-order valence-corrected chi connectivity index (χ3v) is 0.866. The minimum absolute atomic E-state index is 1.24. The Hall–Kier alpha value is 0.0900. The molecule has 0 saturated carbocycles. The maximum Gasteiger partial charge on any atom is -0.00988 e. The van der Waals surface area contributed by atoms with Gasteiger partial charge in [-0.15, -0.1) is 6.58 Å². The first-order chi connectivity index (χ1) is 3.33. The summed E-state index contributed by atoms with van der Waals surface area (Å²) < 4.78 is 0. The van der Waals surface area contributed by atoms with Crippen molar-refractivity contribution in [2.75, 3.05) is 12.0 Å². The molecule has 0 aromatic heterocycles. The summed E-state index contributed by atoms with van der Waals surface area (Å²) in [4.78, 5) is 0. The monoisotopic (exact) mass is 118 g/mol. The van der Waals surface area contributed by atoms with Crippen molar-refractivity contribution >= 4 is 11.8 Å². The summed E-state index contributed by atoms with van der Waals surface area (Å²) in [5, 5.41) is 0. The summed E-state index contributed by atoms with van der Waals surface area (Å²) in [5.74, 6) is 1.24. The van der Waals surface area contributed by atoms with Crippen LogP contribution in [0.3, 0.4) is 0 Å². The van der Waals surface area contributed by atoms with Gasteiger partial charge in [0.15, 0.2) is 0 Å². The molecule has 0 spiro atoms. The highest BCUT2D eigenvalue weighted by molar-refractivity contribution is 7.98. The fourth-order valence-electron chi connectivity index (χ4n) is 0. The zero-order valence-corrected chi connectivity index (χ0v) is 6.22. The number of thioether (sulfide) groups is 1. The van der Waals surface area contributed by atoms with E-state index in [2.05, 4.69) is 19.8 Å². The topological polar surface area (TPSA) is 0 Å². The van der Waals surface area contributed by atoms with Gasteiger partial charge < -0.3 is 0 Å². The van der Waals surface area contributed by atoms with Crippen LogP contribution in [-0.2, 0) is 0 Å². The smallest absolute Gasteiger partial charge is 0.00988 e. The van der Waals surface area contributed by atoms with Gasteiger partial charge in [-0.25, -0.2) is 0 Å². The van der Waals surface area contributed by atoms with E-state index < -0.39 is 0 Å². The maximum absolute atomic E-state index is 3.36. The molecule has 44 valence electrons. The van der Waals surface area contributed by atoms with Gasteiger partial charge in [0, 0.05) is 0 Å². The molecule has 0 rings (SSSR count). The van der Waals surface area contributed by atoms with E-state index in [4.69, 9.17) is 0 Å². The normalized spacial score (nSPS) is 6.14. The average Bonchev–Trinajstić information content (AvgIpc) is 1.69. The number of allylic oxidation sites excluding steroid dienone is 1. The Morgan fingerprint density at radius 2 is 1.86 bits per heavy atom. The van der Waals surface area contributed by atoms with Gasteiger partial charge in [0.2, 0.25) is 0 Å². The Morgan fingerprint density at radius 3 is 1.86 bits per heavy atom. The third kappa shape index (κ3) is 85.7. The van der Waals surface area contributed by atoms with E-state index in [1.165, 1.54) is 5.75 Å². The van der Waals surface area contributed by atoms with Gasteiger partial charge in [0.05, 0.1) is 0 Å². The first kappa shape index (κ1) is 10.1. The second-order valence-electron chi connectivity index (χ2n) is 0.986. The Bertz CT molecular complexity index is 23.4. The zero-order chi connectivity index (χ0) is 6.12. The highest BCUT2D eigenvalue weighted by Gasteiger charge is 1.55. The van der Waals surface area contributed by atoms with Crippen LogP contribution in [0.15, 0.2) is 12.7 Å². The molecule has 0 fully saturated rings. The van der Waals surface area contributed by atoms with Crippen molar-refractivity contribution in [2.24, 2.45) is 0 Å². The van der Waals surface area contributed by atoms with E-state index in [1.807, 2.05) is 18.7 Å². The lowest BCUT2D eigenvalue weighted by atomic mass is 10.8. The lowest BCUT2D eigenvalue weighted by Crippen LogP contribution is -1.52. The van der Waals surface area contributed by atoms with Gasteiger partial charge in [-0.2, -0.15) is 11.8 Å². The fourth-order valence-corrected chi connectivity index (χ4v) is 0. The molecule has 0 bridgehead atoms. The van der Waals surface area contributed by atoms with Crippen LogP contribution in [0, 0.1) is 0 Å². The van der Waals surface area contributed by atoms with Crippen LogP contribution >= 0.6 is 11.8 Å². The largest absolute Gasteiger partial charge is 0.166 e. The Balaban J connectivity index is 0. The number of hydrogen-bond donors (Lipinski definition) is 0. The van der Waals surface area contributed by atoms with Crippen LogP contribution in [0.4, 0.5) is 0 Å². The molecule has 0 aliphatic heterocycles. The first-order valence-corrected chi connectivity index (χ1v) is 3.78. The molecule has 0 aliphatic rings. The molecular formula is C6H14S. The minimum Gasteiger partial charge on any atom is -0.166 e. The van der Waals surface area contributed by atoms with Crippen molar-refractivity contribution in [3.05, 3.63) is 12.7 Å². The van der Waals surface area contributed by atoms with Crippen LogP contribution in [-0.4, -0.2) is 12.0 Å². The maximum atomic E-state index is 3.36. The average molecular weight is 118 g/mol. The molecule has 0 radical (unpaired) electrons. The molecule has 0 amide bonds. The van der Waals surface area contributed by atoms with Crippen molar-refractivity contribution in [3.63, 3.8) is 0 Å². The second-order valence-corrected chi connectivity index (χ2v) is 2.14. The standard InChI is InChI=1S/C3H8S.C3H6/c1-3-4-2;1-3-2/h3H2,1-2H3;3H,1H2,2H3. The minimum atomic E-state index is 1.24. The summed E-state index contributed by atoms with van der Waals surface area (Å²) in [5.41, 5.74) is 0.